The Balaban J connectivity index is 1.71. The molecule has 2 aliphatic rings. The lowest BCUT2D eigenvalue weighted by Gasteiger charge is -2.37. The lowest BCUT2D eigenvalue weighted by atomic mass is 9.85. The maximum Gasteiger partial charge on any atom is 0.230 e. The van der Waals surface area contributed by atoms with Gasteiger partial charge in [-0.25, -0.2) is 0 Å². The summed E-state index contributed by atoms with van der Waals surface area (Å²) in [5, 5.41) is 8.18. The Morgan fingerprint density at radius 1 is 1.36 bits per heavy atom. The van der Waals surface area contributed by atoms with E-state index in [1.807, 2.05) is 11.0 Å². The van der Waals surface area contributed by atoms with Gasteiger partial charge < -0.3 is 20.8 Å². The van der Waals surface area contributed by atoms with Gasteiger partial charge in [0.2, 0.25) is 5.91 Å². The fourth-order valence-electron chi connectivity index (χ4n) is 3.21. The fourth-order valence-corrected chi connectivity index (χ4v) is 3.45. The van der Waals surface area contributed by atoms with Gasteiger partial charge in [-0.15, -0.1) is 0 Å². The zero-order valence-corrected chi connectivity index (χ0v) is 13.1. The summed E-state index contributed by atoms with van der Waals surface area (Å²) in [6.07, 6.45) is 3.05. The maximum absolute atomic E-state index is 12.2. The SMILES string of the molecule is N=Cc1c(N)cc(Cl)cc1C1CCN(C(=O)C2COC2)CC1. The molecule has 3 N–H and O–H groups in total. The van der Waals surface area contributed by atoms with E-state index in [4.69, 9.17) is 27.5 Å². The summed E-state index contributed by atoms with van der Waals surface area (Å²) >= 11 is 6.11. The topological polar surface area (TPSA) is 79.4 Å². The minimum atomic E-state index is 0.0514. The molecule has 2 aliphatic heterocycles. The molecule has 118 valence electrons. The standard InChI is InChI=1S/C16H20ClN3O2/c17-12-5-13(14(7-18)15(19)6-12)10-1-3-20(4-2-10)16(21)11-8-22-9-11/h5-7,10-11,18H,1-4,8-9,19H2. The van der Waals surface area contributed by atoms with Crippen molar-refractivity contribution in [3.63, 3.8) is 0 Å². The van der Waals surface area contributed by atoms with Gasteiger partial charge in [-0.05, 0) is 36.5 Å². The van der Waals surface area contributed by atoms with Crippen LogP contribution in [0.2, 0.25) is 5.02 Å². The number of anilines is 1. The molecular weight excluding hydrogens is 302 g/mol. The van der Waals surface area contributed by atoms with Gasteiger partial charge in [0.1, 0.15) is 0 Å². The summed E-state index contributed by atoms with van der Waals surface area (Å²) in [4.78, 5) is 14.2. The van der Waals surface area contributed by atoms with Crippen molar-refractivity contribution in [2.24, 2.45) is 5.92 Å². The Labute approximate surface area is 134 Å². The highest BCUT2D eigenvalue weighted by molar-refractivity contribution is 6.31. The highest BCUT2D eigenvalue weighted by atomic mass is 35.5. The third-order valence-corrected chi connectivity index (χ3v) is 4.81. The van der Waals surface area contributed by atoms with E-state index < -0.39 is 0 Å². The summed E-state index contributed by atoms with van der Waals surface area (Å²) in [5.74, 6) is 0.553. The second-order valence-electron chi connectivity index (χ2n) is 5.98. The number of nitrogen functional groups attached to an aromatic ring is 1. The van der Waals surface area contributed by atoms with Crippen LogP contribution < -0.4 is 5.73 Å². The molecule has 3 rings (SSSR count). The van der Waals surface area contributed by atoms with Crippen LogP contribution in [-0.4, -0.2) is 43.3 Å². The number of likely N-dealkylation sites (tertiary alicyclic amines) is 1. The van der Waals surface area contributed by atoms with E-state index >= 15 is 0 Å². The molecule has 0 radical (unpaired) electrons. The molecule has 2 saturated heterocycles. The molecule has 0 atom stereocenters. The average Bonchev–Trinajstić information content (AvgIpc) is 2.45. The Hall–Kier alpha value is -1.59. The number of amides is 1. The van der Waals surface area contributed by atoms with Gasteiger partial charge >= 0.3 is 0 Å². The predicted octanol–water partition coefficient (Wildman–Crippen LogP) is 2.27. The second kappa shape index (κ2) is 6.26. The first kappa shape index (κ1) is 15.3. The highest BCUT2D eigenvalue weighted by Crippen LogP contribution is 2.34. The number of benzene rings is 1. The van der Waals surface area contributed by atoms with Gasteiger partial charge in [-0.2, -0.15) is 0 Å². The van der Waals surface area contributed by atoms with E-state index in [2.05, 4.69) is 0 Å². The zero-order valence-electron chi connectivity index (χ0n) is 12.3. The number of ether oxygens (including phenoxy) is 1. The molecule has 0 aliphatic carbocycles. The van der Waals surface area contributed by atoms with Gasteiger partial charge in [0, 0.05) is 35.6 Å². The lowest BCUT2D eigenvalue weighted by molar-refractivity contribution is -0.150. The number of nitrogens with one attached hydrogen (secondary N) is 1. The number of hydrogen-bond acceptors (Lipinski definition) is 4. The summed E-state index contributed by atoms with van der Waals surface area (Å²) in [6, 6.07) is 3.58. The average molecular weight is 322 g/mol. The number of nitrogens with two attached hydrogens (primary N) is 1. The molecule has 1 amide bonds. The monoisotopic (exact) mass is 321 g/mol. The number of carbonyl (C=O) groups excluding carboxylic acids is 1. The molecule has 0 saturated carbocycles. The Bertz CT molecular complexity index is 593. The van der Waals surface area contributed by atoms with Crippen molar-refractivity contribution in [3.8, 4) is 0 Å². The van der Waals surface area contributed by atoms with Gasteiger partial charge in [-0.1, -0.05) is 11.6 Å². The Kier molecular flexibility index (Phi) is 4.36. The normalized spacial score (nSPS) is 19.8. The Morgan fingerprint density at radius 2 is 2.05 bits per heavy atom. The summed E-state index contributed by atoms with van der Waals surface area (Å²) < 4.78 is 5.09. The van der Waals surface area contributed by atoms with Gasteiger partial charge in [0.25, 0.3) is 0 Å². The molecule has 6 heteroatoms. The first-order valence-electron chi connectivity index (χ1n) is 7.56. The molecule has 0 bridgehead atoms. The lowest BCUT2D eigenvalue weighted by Crippen LogP contribution is -2.47. The molecule has 1 aromatic rings. The van der Waals surface area contributed by atoms with Gasteiger partial charge in [0.15, 0.2) is 0 Å². The smallest absolute Gasteiger partial charge is 0.230 e. The minimum Gasteiger partial charge on any atom is -0.398 e. The molecule has 0 unspecified atom stereocenters. The maximum atomic E-state index is 12.2. The number of rotatable bonds is 3. The second-order valence-corrected chi connectivity index (χ2v) is 6.41. The molecule has 22 heavy (non-hydrogen) atoms. The molecule has 5 nitrogen and oxygen atoms in total. The van der Waals surface area contributed by atoms with E-state index in [-0.39, 0.29) is 11.8 Å². The number of carbonyl (C=O) groups is 1. The van der Waals surface area contributed by atoms with Crippen LogP contribution in [0.4, 0.5) is 5.69 Å². The van der Waals surface area contributed by atoms with Crippen LogP contribution in [-0.2, 0) is 9.53 Å². The first-order valence-corrected chi connectivity index (χ1v) is 7.94. The van der Waals surface area contributed by atoms with Gasteiger partial charge in [-0.3, -0.25) is 4.79 Å². The van der Waals surface area contributed by atoms with Crippen molar-refractivity contribution in [2.45, 2.75) is 18.8 Å². The summed E-state index contributed by atoms with van der Waals surface area (Å²) in [6.45, 7) is 2.59. The largest absolute Gasteiger partial charge is 0.398 e. The van der Waals surface area contributed by atoms with E-state index in [0.717, 1.165) is 37.1 Å². The summed E-state index contributed by atoms with van der Waals surface area (Å²) in [5.41, 5.74) is 8.29. The van der Waals surface area contributed by atoms with E-state index in [1.165, 1.54) is 6.21 Å². The van der Waals surface area contributed by atoms with E-state index in [1.54, 1.807) is 6.07 Å². The number of halogens is 1. The van der Waals surface area contributed by atoms with Gasteiger partial charge in [0.05, 0.1) is 19.1 Å². The third-order valence-electron chi connectivity index (χ3n) is 4.59. The first-order chi connectivity index (χ1) is 10.6. The van der Waals surface area contributed by atoms with Crippen molar-refractivity contribution >= 4 is 29.4 Å². The van der Waals surface area contributed by atoms with Crippen molar-refractivity contribution < 1.29 is 9.53 Å². The molecular formula is C16H20ClN3O2. The van der Waals surface area contributed by atoms with Crippen LogP contribution in [0, 0.1) is 11.3 Å². The number of piperidine rings is 1. The van der Waals surface area contributed by atoms with E-state index in [9.17, 15) is 4.79 Å². The quantitative estimate of drug-likeness (QED) is 0.662. The molecule has 2 heterocycles. The number of hydrogen-bond donors (Lipinski definition) is 2. The van der Waals surface area contributed by atoms with Crippen LogP contribution in [0.25, 0.3) is 0 Å². The van der Waals surface area contributed by atoms with Crippen LogP contribution in [0.15, 0.2) is 12.1 Å². The molecule has 1 aromatic carbocycles. The van der Waals surface area contributed by atoms with Crippen LogP contribution in [0.5, 0.6) is 0 Å². The highest BCUT2D eigenvalue weighted by Gasteiger charge is 2.33. The van der Waals surface area contributed by atoms with Crippen molar-refractivity contribution in [1.29, 1.82) is 5.41 Å². The van der Waals surface area contributed by atoms with E-state index in [0.29, 0.717) is 29.8 Å². The van der Waals surface area contributed by atoms with Crippen molar-refractivity contribution in [3.05, 3.63) is 28.3 Å². The summed E-state index contributed by atoms with van der Waals surface area (Å²) in [7, 11) is 0. The molecule has 2 fully saturated rings. The number of nitrogens with zero attached hydrogens (tertiary/aromatic N) is 1. The minimum absolute atomic E-state index is 0.0514. The molecule has 0 aromatic heterocycles. The zero-order chi connectivity index (χ0) is 15.7. The van der Waals surface area contributed by atoms with Crippen LogP contribution >= 0.6 is 11.6 Å². The van der Waals surface area contributed by atoms with Crippen molar-refractivity contribution in [2.75, 3.05) is 32.0 Å². The Morgan fingerprint density at radius 3 is 2.59 bits per heavy atom. The van der Waals surface area contributed by atoms with Crippen molar-refractivity contribution in [1.82, 2.24) is 4.90 Å². The van der Waals surface area contributed by atoms with Crippen LogP contribution in [0.1, 0.15) is 29.9 Å². The fraction of sp³-hybridized carbons (Fsp3) is 0.500. The van der Waals surface area contributed by atoms with Crippen LogP contribution in [0.3, 0.4) is 0 Å². The molecule has 0 spiro atoms. The predicted molar refractivity (Wildman–Crippen MR) is 86.6 cm³/mol. The third kappa shape index (κ3) is 2.83.